The van der Waals surface area contributed by atoms with Gasteiger partial charge in [0.2, 0.25) is 6.71 Å². The molecule has 4 aromatic carbocycles. The van der Waals surface area contributed by atoms with Gasteiger partial charge in [-0.2, -0.15) is 0 Å². The van der Waals surface area contributed by atoms with Crippen LogP contribution in [0, 0.1) is 0 Å². The lowest BCUT2D eigenvalue weighted by molar-refractivity contribution is 0.531. The quantitative estimate of drug-likeness (QED) is 0.226. The molecule has 2 atom stereocenters. The van der Waals surface area contributed by atoms with Crippen LogP contribution >= 0.6 is 0 Å². The summed E-state index contributed by atoms with van der Waals surface area (Å²) in [5, 5.41) is 6.75. The highest BCUT2D eigenvalue weighted by Gasteiger charge is 2.66. The molecule has 2 aliphatic heterocycles. The van der Waals surface area contributed by atoms with E-state index in [0.29, 0.717) is 11.8 Å². The summed E-state index contributed by atoms with van der Waals surface area (Å²) in [7, 11) is 0. The van der Waals surface area contributed by atoms with Gasteiger partial charge in [-0.1, -0.05) is 159 Å². The van der Waals surface area contributed by atoms with E-state index in [1.165, 1.54) is 79.1 Å². The monoisotopic (exact) mass is 595 g/mol. The summed E-state index contributed by atoms with van der Waals surface area (Å²) < 4.78 is 0. The van der Waals surface area contributed by atoms with Crippen LogP contribution in [0.2, 0.25) is 0 Å². The molecule has 2 heterocycles. The third kappa shape index (κ3) is 5.29. The molecule has 1 unspecified atom stereocenters. The molecule has 45 heavy (non-hydrogen) atoms. The number of benzene rings is 4. The van der Waals surface area contributed by atoms with Crippen molar-refractivity contribution in [1.82, 2.24) is 5.32 Å². The minimum absolute atomic E-state index is 0.0874. The second kappa shape index (κ2) is 12.7. The first-order chi connectivity index (χ1) is 21.6. The van der Waals surface area contributed by atoms with E-state index in [2.05, 4.69) is 153 Å². The normalized spacial score (nSPS) is 20.9. The summed E-state index contributed by atoms with van der Waals surface area (Å²) in [6.07, 6.45) is 7.05. The SMILES string of the molecule is C/C=C\C1=C2N[C@@]3(C)CC3(C)c3cc(-c4cccc5ccccc45)cc(c32)B1c1c(C(C)C)cccc1C(C)C.CC.CCC. The summed E-state index contributed by atoms with van der Waals surface area (Å²) in [6, 6.07) is 27.7. The summed E-state index contributed by atoms with van der Waals surface area (Å²) in [4.78, 5) is 0. The topological polar surface area (TPSA) is 12.0 Å². The van der Waals surface area contributed by atoms with Crippen molar-refractivity contribution in [3.05, 3.63) is 113 Å². The lowest BCUT2D eigenvalue weighted by Gasteiger charge is -2.32. The fourth-order valence-electron chi connectivity index (χ4n) is 7.96. The van der Waals surface area contributed by atoms with Gasteiger partial charge in [-0.05, 0) is 87.8 Å². The van der Waals surface area contributed by atoms with Gasteiger partial charge in [0.25, 0.3) is 0 Å². The average Bonchev–Trinajstić information content (AvgIpc) is 3.50. The standard InChI is InChI=1S/C38H40BN.C3H8.C2H6/c1-8-13-32-36-34-31(37(6)22-38(37,7)40-36)20-26(30-19-11-15-25-14-9-10-16-29(25)30)21-33(34)39(32)35-27(23(2)3)17-12-18-28(35)24(4)5;1-3-2;1-2/h8-21,23-24,40H,22H2,1-7H3;3H2,1-2H3;1-2H3/b13-8-;;/t37?,38-;;/m0../s1. The molecular formula is C43H54BN. The Labute approximate surface area is 274 Å². The molecule has 0 amide bonds. The molecule has 7 rings (SSSR count). The number of rotatable bonds is 5. The van der Waals surface area contributed by atoms with E-state index in [9.17, 15) is 0 Å². The van der Waals surface area contributed by atoms with E-state index < -0.39 is 0 Å². The molecule has 2 heteroatoms. The van der Waals surface area contributed by atoms with Crippen molar-refractivity contribution >= 4 is 34.1 Å². The number of nitrogens with one attached hydrogen (secondary N) is 1. The molecule has 1 saturated carbocycles. The zero-order valence-electron chi connectivity index (χ0n) is 29.7. The number of allylic oxidation sites excluding steroid dienone is 3. The first kappa shape index (κ1) is 32.9. The molecule has 0 saturated heterocycles. The van der Waals surface area contributed by atoms with Crippen molar-refractivity contribution in [2.24, 2.45) is 0 Å². The van der Waals surface area contributed by atoms with Crippen molar-refractivity contribution in [3.8, 4) is 11.1 Å². The maximum absolute atomic E-state index is 4.11. The van der Waals surface area contributed by atoms with Gasteiger partial charge in [-0.15, -0.1) is 0 Å². The maximum Gasteiger partial charge on any atom is 0.245 e. The van der Waals surface area contributed by atoms with Crippen molar-refractivity contribution in [2.75, 3.05) is 0 Å². The molecule has 3 aliphatic rings. The molecule has 1 fully saturated rings. The van der Waals surface area contributed by atoms with E-state index in [4.69, 9.17) is 0 Å². The average molecular weight is 596 g/mol. The van der Waals surface area contributed by atoms with Gasteiger partial charge in [0.05, 0.1) is 0 Å². The zero-order valence-corrected chi connectivity index (χ0v) is 29.7. The molecule has 1 N–H and O–H groups in total. The van der Waals surface area contributed by atoms with E-state index in [1.807, 2.05) is 13.8 Å². The third-order valence-corrected chi connectivity index (χ3v) is 10.3. The van der Waals surface area contributed by atoms with Crippen LogP contribution in [-0.4, -0.2) is 12.3 Å². The highest BCUT2D eigenvalue weighted by Crippen LogP contribution is 2.63. The predicted molar refractivity (Wildman–Crippen MR) is 202 cm³/mol. The van der Waals surface area contributed by atoms with Crippen LogP contribution < -0.4 is 16.2 Å². The third-order valence-electron chi connectivity index (χ3n) is 10.3. The Morgan fingerprint density at radius 1 is 0.844 bits per heavy atom. The van der Waals surface area contributed by atoms with Crippen LogP contribution in [0.4, 0.5) is 0 Å². The summed E-state index contributed by atoms with van der Waals surface area (Å²) in [5.41, 5.74) is 14.6. The van der Waals surface area contributed by atoms with E-state index in [-0.39, 0.29) is 17.7 Å². The van der Waals surface area contributed by atoms with Crippen molar-refractivity contribution in [2.45, 2.75) is 112 Å². The highest BCUT2D eigenvalue weighted by atomic mass is 15.1. The van der Waals surface area contributed by atoms with E-state index in [0.717, 1.165) is 0 Å². The second-order valence-corrected chi connectivity index (χ2v) is 14.1. The first-order valence-electron chi connectivity index (χ1n) is 17.5. The van der Waals surface area contributed by atoms with Gasteiger partial charge >= 0.3 is 0 Å². The molecular weight excluding hydrogens is 541 g/mol. The number of hydrogen-bond acceptors (Lipinski definition) is 1. The Bertz CT molecular complexity index is 1740. The summed E-state index contributed by atoms with van der Waals surface area (Å²) >= 11 is 0. The van der Waals surface area contributed by atoms with Crippen LogP contribution in [0.25, 0.3) is 27.6 Å². The van der Waals surface area contributed by atoms with Gasteiger partial charge in [0.1, 0.15) is 0 Å². The molecule has 0 radical (unpaired) electrons. The van der Waals surface area contributed by atoms with Gasteiger partial charge in [0, 0.05) is 16.7 Å². The predicted octanol–water partition coefficient (Wildman–Crippen LogP) is 10.7. The van der Waals surface area contributed by atoms with Crippen molar-refractivity contribution < 1.29 is 0 Å². The smallest absolute Gasteiger partial charge is 0.245 e. The molecule has 0 spiro atoms. The molecule has 0 bridgehead atoms. The van der Waals surface area contributed by atoms with Crippen LogP contribution in [0.15, 0.2) is 90.4 Å². The Hall–Kier alpha value is -3.52. The molecule has 0 aromatic heterocycles. The van der Waals surface area contributed by atoms with Crippen LogP contribution in [-0.2, 0) is 5.41 Å². The Kier molecular flexibility index (Phi) is 9.28. The number of fused-ring (bicyclic) bond motifs is 3. The van der Waals surface area contributed by atoms with E-state index >= 15 is 0 Å². The molecule has 1 aliphatic carbocycles. The number of hydrogen-bond donors (Lipinski definition) is 1. The second-order valence-electron chi connectivity index (χ2n) is 14.1. The van der Waals surface area contributed by atoms with Gasteiger partial charge in [0.15, 0.2) is 0 Å². The minimum atomic E-state index is 0.0874. The van der Waals surface area contributed by atoms with Gasteiger partial charge in [-0.25, -0.2) is 0 Å². The molecule has 234 valence electrons. The first-order valence-corrected chi connectivity index (χ1v) is 17.5. The van der Waals surface area contributed by atoms with E-state index in [1.54, 1.807) is 0 Å². The fourth-order valence-corrected chi connectivity index (χ4v) is 7.96. The lowest BCUT2D eigenvalue weighted by Crippen LogP contribution is -2.47. The maximum atomic E-state index is 4.11. The van der Waals surface area contributed by atoms with Gasteiger partial charge in [-0.3, -0.25) is 0 Å². The Balaban J connectivity index is 0.000000757. The van der Waals surface area contributed by atoms with Crippen molar-refractivity contribution in [1.29, 1.82) is 0 Å². The fraction of sp³-hybridized carbons (Fsp3) is 0.395. The highest BCUT2D eigenvalue weighted by molar-refractivity contribution is 6.95. The van der Waals surface area contributed by atoms with Crippen molar-refractivity contribution in [3.63, 3.8) is 0 Å². The summed E-state index contributed by atoms with van der Waals surface area (Å²) in [6.45, 7) is 24.9. The molecule has 4 aromatic rings. The van der Waals surface area contributed by atoms with Gasteiger partial charge < -0.3 is 5.32 Å². The molecule has 1 nitrogen and oxygen atoms in total. The lowest BCUT2D eigenvalue weighted by atomic mass is 9.35. The zero-order chi connectivity index (χ0) is 32.7. The summed E-state index contributed by atoms with van der Waals surface area (Å²) in [5.74, 6) is 0.908. The minimum Gasteiger partial charge on any atom is -0.379 e. The van der Waals surface area contributed by atoms with Crippen LogP contribution in [0.3, 0.4) is 0 Å². The van der Waals surface area contributed by atoms with Crippen LogP contribution in [0.1, 0.15) is 123 Å². The van der Waals surface area contributed by atoms with Crippen LogP contribution in [0.5, 0.6) is 0 Å². The largest absolute Gasteiger partial charge is 0.379 e. The Morgan fingerprint density at radius 2 is 1.44 bits per heavy atom. The Morgan fingerprint density at radius 3 is 2.07 bits per heavy atom.